The Morgan fingerprint density at radius 3 is 2.72 bits per heavy atom. The van der Waals surface area contributed by atoms with Crippen LogP contribution in [0.2, 0.25) is 0 Å². The van der Waals surface area contributed by atoms with Gasteiger partial charge in [0.1, 0.15) is 18.1 Å². The molecule has 0 bridgehead atoms. The van der Waals surface area contributed by atoms with Crippen LogP contribution in [-0.4, -0.2) is 16.1 Å². The maximum atomic E-state index is 11.2. The van der Waals surface area contributed by atoms with Crippen molar-refractivity contribution in [2.75, 3.05) is 0 Å². The molecule has 2 heterocycles. The van der Waals surface area contributed by atoms with Crippen molar-refractivity contribution >= 4 is 27.4 Å². The zero-order valence-electron chi connectivity index (χ0n) is 14.3. The second-order valence-corrected chi connectivity index (χ2v) is 6.70. The lowest BCUT2D eigenvalue weighted by Crippen LogP contribution is -2.02. The maximum absolute atomic E-state index is 11.2. The predicted octanol–water partition coefficient (Wildman–Crippen LogP) is 3.91. The molecule has 0 spiro atoms. The van der Waals surface area contributed by atoms with E-state index in [4.69, 9.17) is 9.47 Å². The number of benzene rings is 1. The van der Waals surface area contributed by atoms with Crippen LogP contribution in [0.4, 0.5) is 0 Å². The SMILES string of the molecule is CC(=O)Oc1csc2cc(OCc3ccc(C)nc3C)cc(CO)c12. The Labute approximate surface area is 149 Å². The molecular weight excluding hydrogens is 338 g/mol. The summed E-state index contributed by atoms with van der Waals surface area (Å²) in [5.74, 6) is 0.751. The summed E-state index contributed by atoms with van der Waals surface area (Å²) in [4.78, 5) is 15.7. The highest BCUT2D eigenvalue weighted by Gasteiger charge is 2.14. The zero-order chi connectivity index (χ0) is 18.0. The van der Waals surface area contributed by atoms with Gasteiger partial charge in [-0.2, -0.15) is 0 Å². The molecule has 0 amide bonds. The number of aliphatic hydroxyl groups excluding tert-OH is 1. The summed E-state index contributed by atoms with van der Waals surface area (Å²) in [5.41, 5.74) is 3.60. The lowest BCUT2D eigenvalue weighted by molar-refractivity contribution is -0.131. The third-order valence-corrected chi connectivity index (χ3v) is 4.76. The van der Waals surface area contributed by atoms with E-state index in [1.54, 1.807) is 11.4 Å². The number of pyridine rings is 1. The van der Waals surface area contributed by atoms with Crippen molar-refractivity contribution in [1.82, 2.24) is 4.98 Å². The summed E-state index contributed by atoms with van der Waals surface area (Å²) >= 11 is 1.45. The molecule has 6 heteroatoms. The van der Waals surface area contributed by atoms with Crippen LogP contribution in [0.25, 0.3) is 10.1 Å². The number of aromatic nitrogens is 1. The number of nitrogens with zero attached hydrogens (tertiary/aromatic N) is 1. The minimum atomic E-state index is -0.383. The number of esters is 1. The molecule has 2 aromatic heterocycles. The molecule has 3 rings (SSSR count). The van der Waals surface area contributed by atoms with Crippen LogP contribution in [-0.2, 0) is 18.0 Å². The molecule has 0 aliphatic rings. The minimum absolute atomic E-state index is 0.163. The van der Waals surface area contributed by atoms with Gasteiger partial charge < -0.3 is 14.6 Å². The number of rotatable bonds is 5. The molecule has 130 valence electrons. The highest BCUT2D eigenvalue weighted by atomic mass is 32.1. The van der Waals surface area contributed by atoms with Gasteiger partial charge in [-0.1, -0.05) is 6.07 Å². The lowest BCUT2D eigenvalue weighted by atomic mass is 10.1. The highest BCUT2D eigenvalue weighted by Crippen LogP contribution is 2.38. The molecule has 0 unspecified atom stereocenters. The Kier molecular flexibility index (Phi) is 5.01. The molecule has 0 atom stereocenters. The van der Waals surface area contributed by atoms with E-state index >= 15 is 0 Å². The van der Waals surface area contributed by atoms with Crippen LogP contribution < -0.4 is 9.47 Å². The molecule has 1 aromatic carbocycles. The summed E-state index contributed by atoms with van der Waals surface area (Å²) in [7, 11) is 0. The average molecular weight is 357 g/mol. The molecule has 0 aliphatic heterocycles. The van der Waals surface area contributed by atoms with E-state index < -0.39 is 0 Å². The van der Waals surface area contributed by atoms with E-state index in [0.29, 0.717) is 23.7 Å². The Morgan fingerprint density at radius 1 is 1.24 bits per heavy atom. The molecule has 3 aromatic rings. The van der Waals surface area contributed by atoms with Crippen molar-refractivity contribution < 1.29 is 19.4 Å². The van der Waals surface area contributed by atoms with Crippen molar-refractivity contribution in [3.05, 3.63) is 52.2 Å². The number of ether oxygens (including phenoxy) is 2. The fourth-order valence-electron chi connectivity index (χ4n) is 2.66. The van der Waals surface area contributed by atoms with Gasteiger partial charge in [0, 0.05) is 39.3 Å². The fourth-order valence-corrected chi connectivity index (χ4v) is 3.59. The molecule has 0 saturated carbocycles. The van der Waals surface area contributed by atoms with E-state index in [1.807, 2.05) is 32.0 Å². The van der Waals surface area contributed by atoms with Gasteiger partial charge in [-0.25, -0.2) is 0 Å². The zero-order valence-corrected chi connectivity index (χ0v) is 15.1. The topological polar surface area (TPSA) is 68.7 Å². The number of fused-ring (bicyclic) bond motifs is 1. The first-order valence-electron chi connectivity index (χ1n) is 7.87. The molecule has 1 N–H and O–H groups in total. The van der Waals surface area contributed by atoms with Crippen LogP contribution in [0.3, 0.4) is 0 Å². The van der Waals surface area contributed by atoms with E-state index in [1.165, 1.54) is 18.3 Å². The second-order valence-electron chi connectivity index (χ2n) is 5.79. The van der Waals surface area contributed by atoms with Crippen molar-refractivity contribution in [3.8, 4) is 11.5 Å². The van der Waals surface area contributed by atoms with Gasteiger partial charge in [0.05, 0.1) is 6.61 Å². The molecular formula is C19H19NO4S. The van der Waals surface area contributed by atoms with Crippen molar-refractivity contribution in [3.63, 3.8) is 0 Å². The summed E-state index contributed by atoms with van der Waals surface area (Å²) in [6.07, 6.45) is 0. The summed E-state index contributed by atoms with van der Waals surface area (Å²) in [6.45, 7) is 5.51. The predicted molar refractivity (Wildman–Crippen MR) is 97.1 cm³/mol. The first-order chi connectivity index (χ1) is 12.0. The number of carbonyl (C=O) groups excluding carboxylic acids is 1. The quantitative estimate of drug-likeness (QED) is 0.701. The normalized spacial score (nSPS) is 10.9. The van der Waals surface area contributed by atoms with E-state index in [2.05, 4.69) is 4.98 Å². The first-order valence-corrected chi connectivity index (χ1v) is 8.75. The Hall–Kier alpha value is -2.44. The third kappa shape index (κ3) is 3.81. The fraction of sp³-hybridized carbons (Fsp3) is 0.263. The van der Waals surface area contributed by atoms with Gasteiger partial charge in [-0.3, -0.25) is 9.78 Å². The minimum Gasteiger partial charge on any atom is -0.489 e. The molecule has 0 radical (unpaired) electrons. The largest absolute Gasteiger partial charge is 0.489 e. The van der Waals surface area contributed by atoms with Crippen molar-refractivity contribution in [2.45, 2.75) is 34.0 Å². The first kappa shape index (κ1) is 17.4. The summed E-state index contributed by atoms with van der Waals surface area (Å²) < 4.78 is 12.0. The van der Waals surface area contributed by atoms with Gasteiger partial charge in [0.2, 0.25) is 0 Å². The Morgan fingerprint density at radius 2 is 2.04 bits per heavy atom. The van der Waals surface area contributed by atoms with Crippen LogP contribution in [0.1, 0.15) is 29.4 Å². The standard InChI is InChI=1S/C19H19NO4S/c1-11-4-5-14(12(2)20-11)9-23-16-6-15(8-21)19-17(24-13(3)22)10-25-18(19)7-16/h4-7,10,21H,8-9H2,1-3H3. The van der Waals surface area contributed by atoms with Crippen molar-refractivity contribution in [2.24, 2.45) is 0 Å². The van der Waals surface area contributed by atoms with Crippen LogP contribution in [0.15, 0.2) is 29.6 Å². The molecule has 0 aliphatic carbocycles. The van der Waals surface area contributed by atoms with Gasteiger partial charge >= 0.3 is 5.97 Å². The van der Waals surface area contributed by atoms with Crippen LogP contribution in [0, 0.1) is 13.8 Å². The number of aliphatic hydroxyl groups is 1. The highest BCUT2D eigenvalue weighted by molar-refractivity contribution is 7.17. The maximum Gasteiger partial charge on any atom is 0.308 e. The number of hydrogen-bond donors (Lipinski definition) is 1. The molecule has 0 fully saturated rings. The second kappa shape index (κ2) is 7.21. The summed E-state index contributed by atoms with van der Waals surface area (Å²) in [5, 5.41) is 12.2. The van der Waals surface area contributed by atoms with Crippen LogP contribution in [0.5, 0.6) is 11.5 Å². The number of thiophene rings is 1. The van der Waals surface area contributed by atoms with E-state index in [-0.39, 0.29) is 12.6 Å². The van der Waals surface area contributed by atoms with Gasteiger partial charge in [-0.05, 0) is 37.6 Å². The number of hydrogen-bond acceptors (Lipinski definition) is 6. The molecule has 5 nitrogen and oxygen atoms in total. The third-order valence-electron chi connectivity index (χ3n) is 3.85. The summed E-state index contributed by atoms with van der Waals surface area (Å²) in [6, 6.07) is 7.63. The molecule has 25 heavy (non-hydrogen) atoms. The molecule has 0 saturated heterocycles. The van der Waals surface area contributed by atoms with Gasteiger partial charge in [-0.15, -0.1) is 11.3 Å². The Bertz CT molecular complexity index is 933. The monoisotopic (exact) mass is 357 g/mol. The number of aryl methyl sites for hydroxylation is 2. The average Bonchev–Trinajstić information content (AvgIpc) is 2.95. The van der Waals surface area contributed by atoms with Crippen molar-refractivity contribution in [1.29, 1.82) is 0 Å². The van der Waals surface area contributed by atoms with Gasteiger partial charge in [0.25, 0.3) is 0 Å². The van der Waals surface area contributed by atoms with Crippen LogP contribution >= 0.6 is 11.3 Å². The lowest BCUT2D eigenvalue weighted by Gasteiger charge is -2.11. The van der Waals surface area contributed by atoms with Gasteiger partial charge in [0.15, 0.2) is 0 Å². The smallest absolute Gasteiger partial charge is 0.308 e. The van der Waals surface area contributed by atoms with E-state index in [9.17, 15) is 9.90 Å². The Balaban J connectivity index is 1.88. The number of carbonyl (C=O) groups is 1. The van der Waals surface area contributed by atoms with E-state index in [0.717, 1.165) is 27.0 Å².